The number of nitrogens with zero attached hydrogens (tertiary/aromatic N) is 3. The first-order valence-corrected chi connectivity index (χ1v) is 8.68. The van der Waals surface area contributed by atoms with E-state index in [1.165, 1.54) is 0 Å². The molecule has 0 aliphatic heterocycles. The zero-order valence-corrected chi connectivity index (χ0v) is 14.0. The quantitative estimate of drug-likeness (QED) is 0.714. The van der Waals surface area contributed by atoms with E-state index in [9.17, 15) is 4.21 Å². The molecule has 23 heavy (non-hydrogen) atoms. The molecule has 0 N–H and O–H groups in total. The molecule has 0 aliphatic carbocycles. The number of rotatable bonds is 5. The molecule has 0 bridgehead atoms. The SMILES string of the molecule is Cc1ccccc1-c1nc(C[S@@](=O)Cc2nc(C)c(C)o2)no1. The van der Waals surface area contributed by atoms with Gasteiger partial charge in [-0.2, -0.15) is 4.98 Å². The molecule has 0 unspecified atom stereocenters. The van der Waals surface area contributed by atoms with Gasteiger partial charge in [0.1, 0.15) is 11.5 Å². The van der Waals surface area contributed by atoms with Gasteiger partial charge in [-0.25, -0.2) is 4.98 Å². The second kappa shape index (κ2) is 6.45. The summed E-state index contributed by atoms with van der Waals surface area (Å²) in [7, 11) is -1.21. The highest BCUT2D eigenvalue weighted by atomic mass is 32.2. The molecular formula is C16H17N3O3S. The van der Waals surface area contributed by atoms with Crippen LogP contribution in [0.15, 0.2) is 33.2 Å². The van der Waals surface area contributed by atoms with Crippen LogP contribution in [0.2, 0.25) is 0 Å². The van der Waals surface area contributed by atoms with Crippen LogP contribution in [0.1, 0.15) is 28.7 Å². The van der Waals surface area contributed by atoms with Crippen LogP contribution in [0.5, 0.6) is 0 Å². The summed E-state index contributed by atoms with van der Waals surface area (Å²) < 4.78 is 22.9. The zero-order chi connectivity index (χ0) is 16.4. The first kappa shape index (κ1) is 15.6. The Kier molecular flexibility index (Phi) is 4.38. The van der Waals surface area contributed by atoms with Gasteiger partial charge >= 0.3 is 0 Å². The number of benzene rings is 1. The van der Waals surface area contributed by atoms with E-state index in [0.717, 1.165) is 22.6 Å². The molecule has 2 aromatic heterocycles. The lowest BCUT2D eigenvalue weighted by Gasteiger charge is -1.98. The summed E-state index contributed by atoms with van der Waals surface area (Å²) >= 11 is 0. The smallest absolute Gasteiger partial charge is 0.258 e. The van der Waals surface area contributed by atoms with Gasteiger partial charge in [0.2, 0.25) is 5.89 Å². The highest BCUT2D eigenvalue weighted by Crippen LogP contribution is 2.21. The minimum atomic E-state index is -1.21. The van der Waals surface area contributed by atoms with Crippen molar-refractivity contribution >= 4 is 10.8 Å². The summed E-state index contributed by atoms with van der Waals surface area (Å²) in [5.74, 6) is 2.53. The van der Waals surface area contributed by atoms with Crippen molar-refractivity contribution < 1.29 is 13.1 Å². The van der Waals surface area contributed by atoms with Crippen molar-refractivity contribution in [2.45, 2.75) is 32.3 Å². The molecule has 0 saturated carbocycles. The largest absolute Gasteiger partial charge is 0.445 e. The van der Waals surface area contributed by atoms with Crippen molar-refractivity contribution in [3.05, 3.63) is 53.0 Å². The third-order valence-corrected chi connectivity index (χ3v) is 4.64. The van der Waals surface area contributed by atoms with Gasteiger partial charge in [-0.05, 0) is 32.4 Å². The van der Waals surface area contributed by atoms with E-state index in [1.807, 2.05) is 45.0 Å². The predicted octanol–water partition coefficient (Wildman–Crippen LogP) is 3.10. The minimum absolute atomic E-state index is 0.204. The first-order chi connectivity index (χ1) is 11.0. The lowest BCUT2D eigenvalue weighted by molar-refractivity contribution is 0.424. The average Bonchev–Trinajstić information content (AvgIpc) is 3.07. The molecule has 1 aromatic carbocycles. The second-order valence-electron chi connectivity index (χ2n) is 5.31. The summed E-state index contributed by atoms with van der Waals surface area (Å²) in [6.45, 7) is 5.67. The summed E-state index contributed by atoms with van der Waals surface area (Å²) in [6.07, 6.45) is 0. The highest BCUT2D eigenvalue weighted by Gasteiger charge is 2.15. The fourth-order valence-electron chi connectivity index (χ4n) is 2.17. The van der Waals surface area contributed by atoms with Gasteiger partial charge in [-0.3, -0.25) is 4.21 Å². The molecule has 3 aromatic rings. The summed E-state index contributed by atoms with van der Waals surface area (Å²) in [5, 5.41) is 3.91. The van der Waals surface area contributed by atoms with E-state index < -0.39 is 10.8 Å². The Bertz CT molecular complexity index is 834. The van der Waals surface area contributed by atoms with Crippen LogP contribution in [0.4, 0.5) is 0 Å². The van der Waals surface area contributed by atoms with Crippen LogP contribution in [0.3, 0.4) is 0 Å². The van der Waals surface area contributed by atoms with Crippen LogP contribution in [-0.4, -0.2) is 19.3 Å². The Labute approximate surface area is 136 Å². The maximum Gasteiger partial charge on any atom is 0.258 e. The molecule has 0 aliphatic rings. The van der Waals surface area contributed by atoms with Gasteiger partial charge < -0.3 is 8.94 Å². The van der Waals surface area contributed by atoms with E-state index in [2.05, 4.69) is 15.1 Å². The maximum absolute atomic E-state index is 12.2. The third kappa shape index (κ3) is 3.56. The Hall–Kier alpha value is -2.28. The van der Waals surface area contributed by atoms with Gasteiger partial charge in [0.25, 0.3) is 5.89 Å². The van der Waals surface area contributed by atoms with Crippen molar-refractivity contribution in [1.29, 1.82) is 0 Å². The van der Waals surface area contributed by atoms with E-state index in [4.69, 9.17) is 8.94 Å². The number of oxazole rings is 1. The normalized spacial score (nSPS) is 12.5. The summed E-state index contributed by atoms with van der Waals surface area (Å²) in [5.41, 5.74) is 2.75. The molecule has 6 nitrogen and oxygen atoms in total. The summed E-state index contributed by atoms with van der Waals surface area (Å²) in [4.78, 5) is 8.56. The zero-order valence-electron chi connectivity index (χ0n) is 13.2. The molecular weight excluding hydrogens is 314 g/mol. The Morgan fingerprint density at radius 2 is 1.87 bits per heavy atom. The molecule has 120 valence electrons. The topological polar surface area (TPSA) is 82.0 Å². The highest BCUT2D eigenvalue weighted by molar-refractivity contribution is 7.83. The third-order valence-electron chi connectivity index (χ3n) is 3.49. The van der Waals surface area contributed by atoms with Crippen LogP contribution >= 0.6 is 0 Å². The lowest BCUT2D eigenvalue weighted by Crippen LogP contribution is -2.01. The van der Waals surface area contributed by atoms with Crippen molar-refractivity contribution in [2.24, 2.45) is 0 Å². The molecule has 0 saturated heterocycles. The van der Waals surface area contributed by atoms with Crippen molar-refractivity contribution in [3.8, 4) is 11.5 Å². The van der Waals surface area contributed by atoms with Gasteiger partial charge in [0.05, 0.1) is 11.4 Å². The van der Waals surface area contributed by atoms with Crippen molar-refractivity contribution in [2.75, 3.05) is 0 Å². The van der Waals surface area contributed by atoms with Gasteiger partial charge in [0.15, 0.2) is 5.82 Å². The monoisotopic (exact) mass is 331 g/mol. The van der Waals surface area contributed by atoms with Gasteiger partial charge in [-0.1, -0.05) is 23.4 Å². The Morgan fingerprint density at radius 1 is 1.09 bits per heavy atom. The molecule has 3 rings (SSSR count). The molecule has 7 heteroatoms. The average molecular weight is 331 g/mol. The van der Waals surface area contributed by atoms with Crippen molar-refractivity contribution in [3.63, 3.8) is 0 Å². The number of aryl methyl sites for hydroxylation is 3. The van der Waals surface area contributed by atoms with Crippen LogP contribution in [0.25, 0.3) is 11.5 Å². The molecule has 2 heterocycles. The van der Waals surface area contributed by atoms with Crippen LogP contribution in [-0.2, 0) is 22.3 Å². The maximum atomic E-state index is 12.2. The Morgan fingerprint density at radius 3 is 2.57 bits per heavy atom. The molecule has 0 radical (unpaired) electrons. The fourth-order valence-corrected chi connectivity index (χ4v) is 3.07. The van der Waals surface area contributed by atoms with Gasteiger partial charge in [-0.15, -0.1) is 0 Å². The number of hydrogen-bond donors (Lipinski definition) is 0. The lowest BCUT2D eigenvalue weighted by atomic mass is 10.1. The van der Waals surface area contributed by atoms with E-state index >= 15 is 0 Å². The first-order valence-electron chi connectivity index (χ1n) is 7.19. The van der Waals surface area contributed by atoms with E-state index in [-0.39, 0.29) is 11.5 Å². The number of hydrogen-bond acceptors (Lipinski definition) is 6. The predicted molar refractivity (Wildman–Crippen MR) is 86.0 cm³/mol. The minimum Gasteiger partial charge on any atom is -0.445 e. The van der Waals surface area contributed by atoms with Crippen LogP contribution in [0, 0.1) is 20.8 Å². The molecule has 1 atom stereocenters. The van der Waals surface area contributed by atoms with E-state index in [1.54, 1.807) is 0 Å². The van der Waals surface area contributed by atoms with E-state index in [0.29, 0.717) is 17.6 Å². The van der Waals surface area contributed by atoms with Crippen molar-refractivity contribution in [1.82, 2.24) is 15.1 Å². The molecule has 0 amide bonds. The van der Waals surface area contributed by atoms with Crippen LogP contribution < -0.4 is 0 Å². The molecule has 0 fully saturated rings. The fraction of sp³-hybridized carbons (Fsp3) is 0.312. The summed E-state index contributed by atoms with van der Waals surface area (Å²) in [6, 6.07) is 7.76. The second-order valence-corrected chi connectivity index (χ2v) is 6.77. The number of aromatic nitrogens is 3. The van der Waals surface area contributed by atoms with Gasteiger partial charge in [0, 0.05) is 16.4 Å². The molecule has 0 spiro atoms. The standard InChI is InChI=1S/C16H17N3O3S/c1-10-6-4-5-7-13(10)16-18-14(19-22-16)8-23(20)9-15-17-11(2)12(3)21-15/h4-7H,8-9H2,1-3H3/t23-/m1/s1. The Balaban J connectivity index is 1.69.